The van der Waals surface area contributed by atoms with Crippen LogP contribution in [0, 0.1) is 22.7 Å². The molecule has 166 valence electrons. The lowest BCUT2D eigenvalue weighted by atomic mass is 10.1. The first-order chi connectivity index (χ1) is 16.1. The lowest BCUT2D eigenvalue weighted by molar-refractivity contribution is -0.145. The summed E-state index contributed by atoms with van der Waals surface area (Å²) in [5, 5.41) is 17.0. The molecular weight excluding hydrogens is 418 g/mol. The highest BCUT2D eigenvalue weighted by atomic mass is 16.7. The summed E-state index contributed by atoms with van der Waals surface area (Å²) >= 11 is 0. The number of nitriles is 1. The molecule has 2 atom stereocenters. The highest BCUT2D eigenvalue weighted by Gasteiger charge is 2.45. The minimum absolute atomic E-state index is 0.138. The molecular formula is C26H23N3O4. The maximum Gasteiger partial charge on any atom is 0.328 e. The number of hydrogen-bond donors (Lipinski definition) is 2. The van der Waals surface area contributed by atoms with Gasteiger partial charge in [0.1, 0.15) is 24.7 Å². The number of nitrogens with two attached hydrogens (primary N) is 1. The fourth-order valence-corrected chi connectivity index (χ4v) is 3.56. The molecule has 3 aromatic carbocycles. The smallest absolute Gasteiger partial charge is 0.328 e. The number of hydrogen-bond acceptors (Lipinski definition) is 7. The van der Waals surface area contributed by atoms with Crippen molar-refractivity contribution in [3.63, 3.8) is 0 Å². The molecule has 7 nitrogen and oxygen atoms in total. The molecule has 4 rings (SSSR count). The standard InChI is InChI=1S/C26H23N3O4/c27-14-17-1-5-20(6-2-17)25(28)16-32-21-9-3-18(4-10-21)15-31-22-11-7-19(8-12-22)23-13-24(23)26(30)33-29/h1-12,23-24,28H,13,15-16,29H2. The largest absolute Gasteiger partial charge is 0.489 e. The number of rotatable bonds is 9. The third-order valence-corrected chi connectivity index (χ3v) is 5.59. The van der Waals surface area contributed by atoms with Crippen molar-refractivity contribution in [2.45, 2.75) is 18.9 Å². The fraction of sp³-hybridized carbons (Fsp3) is 0.192. The van der Waals surface area contributed by atoms with Gasteiger partial charge in [0, 0.05) is 0 Å². The molecule has 7 heteroatoms. The van der Waals surface area contributed by atoms with Gasteiger partial charge in [0.15, 0.2) is 0 Å². The predicted molar refractivity (Wildman–Crippen MR) is 122 cm³/mol. The van der Waals surface area contributed by atoms with Gasteiger partial charge in [-0.2, -0.15) is 11.2 Å². The third-order valence-electron chi connectivity index (χ3n) is 5.59. The monoisotopic (exact) mass is 441 g/mol. The van der Waals surface area contributed by atoms with Crippen molar-refractivity contribution in [3.8, 4) is 17.6 Å². The molecule has 1 aliphatic rings. The first kappa shape index (κ1) is 22.1. The molecule has 2 unspecified atom stereocenters. The number of carbonyl (C=O) groups excluding carboxylic acids is 1. The van der Waals surface area contributed by atoms with E-state index in [-0.39, 0.29) is 24.4 Å². The molecule has 0 radical (unpaired) electrons. The van der Waals surface area contributed by atoms with Crippen LogP contribution in [0.4, 0.5) is 0 Å². The molecule has 3 aromatic rings. The van der Waals surface area contributed by atoms with E-state index in [1.165, 1.54) is 0 Å². The van der Waals surface area contributed by atoms with Gasteiger partial charge in [0.25, 0.3) is 0 Å². The Morgan fingerprint density at radius 2 is 1.61 bits per heavy atom. The van der Waals surface area contributed by atoms with Crippen LogP contribution >= 0.6 is 0 Å². The molecule has 0 amide bonds. The van der Waals surface area contributed by atoms with E-state index in [9.17, 15) is 4.79 Å². The van der Waals surface area contributed by atoms with Crippen molar-refractivity contribution in [1.29, 1.82) is 10.7 Å². The molecule has 1 aliphatic carbocycles. The van der Waals surface area contributed by atoms with Crippen LogP contribution in [0.5, 0.6) is 11.5 Å². The van der Waals surface area contributed by atoms with Crippen LogP contribution in [-0.4, -0.2) is 18.3 Å². The van der Waals surface area contributed by atoms with Crippen molar-refractivity contribution in [2.24, 2.45) is 11.8 Å². The summed E-state index contributed by atoms with van der Waals surface area (Å²) in [4.78, 5) is 15.8. The summed E-state index contributed by atoms with van der Waals surface area (Å²) in [7, 11) is 0. The Kier molecular flexibility index (Phi) is 6.67. The Morgan fingerprint density at radius 3 is 2.24 bits per heavy atom. The Morgan fingerprint density at radius 1 is 0.970 bits per heavy atom. The summed E-state index contributed by atoms with van der Waals surface area (Å²) in [6, 6.07) is 24.2. The van der Waals surface area contributed by atoms with Gasteiger partial charge in [-0.15, -0.1) is 0 Å². The summed E-state index contributed by atoms with van der Waals surface area (Å²) in [6.07, 6.45) is 0.762. The van der Waals surface area contributed by atoms with Crippen LogP contribution in [-0.2, 0) is 16.2 Å². The van der Waals surface area contributed by atoms with Gasteiger partial charge in [-0.05, 0) is 65.4 Å². The Bertz CT molecular complexity index is 1170. The molecule has 3 N–H and O–H groups in total. The van der Waals surface area contributed by atoms with Crippen LogP contribution in [0.1, 0.15) is 34.6 Å². The topological polar surface area (TPSA) is 118 Å². The summed E-state index contributed by atoms with van der Waals surface area (Å²) < 4.78 is 11.5. The SMILES string of the molecule is N#Cc1ccc(C(=N)COc2ccc(COc3ccc(C4CC4C(=O)ON)cc3)cc2)cc1. The van der Waals surface area contributed by atoms with Gasteiger partial charge in [-0.1, -0.05) is 36.4 Å². The average molecular weight is 441 g/mol. The van der Waals surface area contributed by atoms with Crippen molar-refractivity contribution < 1.29 is 19.1 Å². The van der Waals surface area contributed by atoms with Crippen LogP contribution in [0.2, 0.25) is 0 Å². The van der Waals surface area contributed by atoms with Gasteiger partial charge in [0.2, 0.25) is 0 Å². The van der Waals surface area contributed by atoms with Crippen molar-refractivity contribution in [3.05, 3.63) is 95.1 Å². The van der Waals surface area contributed by atoms with Gasteiger partial charge in [-0.25, -0.2) is 0 Å². The van der Waals surface area contributed by atoms with Crippen molar-refractivity contribution >= 4 is 11.7 Å². The van der Waals surface area contributed by atoms with E-state index >= 15 is 0 Å². The highest BCUT2D eigenvalue weighted by Crippen LogP contribution is 2.48. The van der Waals surface area contributed by atoms with Crippen LogP contribution < -0.4 is 15.4 Å². The molecule has 0 saturated heterocycles. The Labute approximate surface area is 191 Å². The summed E-state index contributed by atoms with van der Waals surface area (Å²) in [5.41, 5.74) is 3.69. The second-order valence-electron chi connectivity index (χ2n) is 7.84. The number of ether oxygens (including phenoxy) is 2. The lowest BCUT2D eigenvalue weighted by Gasteiger charge is -2.10. The Balaban J connectivity index is 1.24. The maximum atomic E-state index is 11.5. The predicted octanol–water partition coefficient (Wildman–Crippen LogP) is 4.10. The van der Waals surface area contributed by atoms with E-state index in [0.29, 0.717) is 23.6 Å². The van der Waals surface area contributed by atoms with Crippen LogP contribution in [0.25, 0.3) is 0 Å². The normalized spacial score (nSPS) is 16.4. The van der Waals surface area contributed by atoms with E-state index in [2.05, 4.69) is 10.9 Å². The zero-order chi connectivity index (χ0) is 23.2. The van der Waals surface area contributed by atoms with Crippen LogP contribution in [0.3, 0.4) is 0 Å². The number of nitrogens with zero attached hydrogens (tertiary/aromatic N) is 1. The number of benzene rings is 3. The number of carbonyl (C=O) groups is 1. The number of nitrogens with one attached hydrogen (secondary N) is 1. The first-order valence-electron chi connectivity index (χ1n) is 10.5. The minimum Gasteiger partial charge on any atom is -0.489 e. The van der Waals surface area contributed by atoms with Gasteiger partial charge < -0.3 is 19.7 Å². The second-order valence-corrected chi connectivity index (χ2v) is 7.84. The Hall–Kier alpha value is -4.15. The van der Waals surface area contributed by atoms with E-state index in [1.807, 2.05) is 48.5 Å². The van der Waals surface area contributed by atoms with Gasteiger partial charge in [-0.3, -0.25) is 4.79 Å². The van der Waals surface area contributed by atoms with Crippen molar-refractivity contribution in [1.82, 2.24) is 0 Å². The fourth-order valence-electron chi connectivity index (χ4n) is 3.56. The highest BCUT2D eigenvalue weighted by molar-refractivity contribution is 5.99. The van der Waals surface area contributed by atoms with Gasteiger partial charge >= 0.3 is 5.97 Å². The maximum absolute atomic E-state index is 11.5. The zero-order valence-corrected chi connectivity index (χ0v) is 17.9. The summed E-state index contributed by atoms with van der Waals surface area (Å²) in [5.74, 6) is 6.02. The quantitative estimate of drug-likeness (QED) is 0.381. The van der Waals surface area contributed by atoms with E-state index in [1.54, 1.807) is 24.3 Å². The van der Waals surface area contributed by atoms with E-state index in [0.717, 1.165) is 28.9 Å². The lowest BCUT2D eigenvalue weighted by Crippen LogP contribution is -2.12. The van der Waals surface area contributed by atoms with E-state index < -0.39 is 0 Å². The average Bonchev–Trinajstić information content (AvgIpc) is 3.67. The second kappa shape index (κ2) is 9.98. The third kappa shape index (κ3) is 5.56. The van der Waals surface area contributed by atoms with Crippen molar-refractivity contribution in [2.75, 3.05) is 6.61 Å². The molecule has 33 heavy (non-hydrogen) atoms. The molecule has 1 fully saturated rings. The zero-order valence-electron chi connectivity index (χ0n) is 17.9. The molecule has 0 spiro atoms. The molecule has 1 saturated carbocycles. The molecule has 0 aromatic heterocycles. The molecule has 0 aliphatic heterocycles. The minimum atomic E-state index is -0.362. The first-order valence-corrected chi connectivity index (χ1v) is 10.5. The molecule has 0 heterocycles. The van der Waals surface area contributed by atoms with Crippen LogP contribution in [0.15, 0.2) is 72.8 Å². The van der Waals surface area contributed by atoms with E-state index in [4.69, 9.17) is 26.0 Å². The summed E-state index contributed by atoms with van der Waals surface area (Å²) in [6.45, 7) is 0.547. The van der Waals surface area contributed by atoms with Gasteiger partial charge in [0.05, 0.1) is 23.3 Å². The molecule has 0 bridgehead atoms.